The molecule has 4 nitrogen and oxygen atoms in total. The summed E-state index contributed by atoms with van der Waals surface area (Å²) in [7, 11) is 0. The van der Waals surface area contributed by atoms with Gasteiger partial charge in [-0.15, -0.1) is 11.3 Å². The number of hydrogen-bond acceptors (Lipinski definition) is 4. The van der Waals surface area contributed by atoms with Crippen LogP contribution in [-0.4, -0.2) is 33.5 Å². The maximum absolute atomic E-state index is 11.2. The van der Waals surface area contributed by atoms with E-state index in [1.165, 1.54) is 35.6 Å². The molecule has 2 heterocycles. The van der Waals surface area contributed by atoms with Gasteiger partial charge in [0.2, 0.25) is 0 Å². The van der Waals surface area contributed by atoms with Crippen LogP contribution in [0.2, 0.25) is 0 Å². The number of carboxylic acids is 1. The molecule has 2 atom stereocenters. The second-order valence-corrected chi connectivity index (χ2v) is 7.68. The fourth-order valence-electron chi connectivity index (χ4n) is 3.56. The van der Waals surface area contributed by atoms with Crippen molar-refractivity contribution in [1.29, 1.82) is 0 Å². The van der Waals surface area contributed by atoms with Crippen molar-refractivity contribution in [3.05, 3.63) is 16.1 Å². The molecule has 1 aromatic rings. The van der Waals surface area contributed by atoms with Gasteiger partial charge in [0.05, 0.1) is 10.9 Å². The number of hydrogen-bond donors (Lipinski definition) is 1. The number of likely N-dealkylation sites (tertiary alicyclic amines) is 1. The highest BCUT2D eigenvalue weighted by atomic mass is 32.1. The van der Waals surface area contributed by atoms with Gasteiger partial charge in [-0.25, -0.2) is 4.98 Å². The normalized spacial score (nSPS) is 28.0. The topological polar surface area (TPSA) is 53.4 Å². The Labute approximate surface area is 130 Å². The molecule has 0 aromatic carbocycles. The van der Waals surface area contributed by atoms with Crippen LogP contribution in [0.5, 0.6) is 0 Å². The number of carbonyl (C=O) groups is 1. The Morgan fingerprint density at radius 1 is 1.38 bits per heavy atom. The summed E-state index contributed by atoms with van der Waals surface area (Å²) in [4.78, 5) is 19.4. The van der Waals surface area contributed by atoms with E-state index in [0.29, 0.717) is 18.5 Å². The molecule has 21 heavy (non-hydrogen) atoms. The van der Waals surface area contributed by atoms with Gasteiger partial charge in [-0.05, 0) is 32.6 Å². The molecule has 2 unspecified atom stereocenters. The number of nitrogens with zero attached hydrogens (tertiary/aromatic N) is 2. The van der Waals surface area contributed by atoms with Crippen molar-refractivity contribution in [1.82, 2.24) is 9.88 Å². The van der Waals surface area contributed by atoms with E-state index in [1.54, 1.807) is 0 Å². The second kappa shape index (κ2) is 6.44. The molecule has 1 aliphatic heterocycles. The van der Waals surface area contributed by atoms with Crippen molar-refractivity contribution in [2.75, 3.05) is 6.54 Å². The summed E-state index contributed by atoms with van der Waals surface area (Å²) >= 11 is 1.84. The molecular weight excluding hydrogens is 284 g/mol. The molecule has 116 valence electrons. The SMILES string of the molecule is CC1CCC(C(=O)O)CN1Cc1cnc(C2CCCC2)s1. The molecule has 2 aliphatic rings. The van der Waals surface area contributed by atoms with E-state index in [2.05, 4.69) is 16.8 Å². The standard InChI is InChI=1S/C16H24N2O2S/c1-11-6-7-13(16(19)20)9-18(11)10-14-8-17-15(21-14)12-4-2-3-5-12/h8,11-13H,2-7,9-10H2,1H3,(H,19,20). The lowest BCUT2D eigenvalue weighted by Gasteiger charge is -2.36. The zero-order chi connectivity index (χ0) is 14.8. The Morgan fingerprint density at radius 2 is 2.14 bits per heavy atom. The van der Waals surface area contributed by atoms with Gasteiger partial charge < -0.3 is 5.11 Å². The van der Waals surface area contributed by atoms with E-state index in [4.69, 9.17) is 0 Å². The minimum absolute atomic E-state index is 0.205. The van der Waals surface area contributed by atoms with Crippen LogP contribution in [0.3, 0.4) is 0 Å². The second-order valence-electron chi connectivity index (χ2n) is 6.54. The third-order valence-electron chi connectivity index (χ3n) is 5.00. The minimum Gasteiger partial charge on any atom is -0.481 e. The highest BCUT2D eigenvalue weighted by Gasteiger charge is 2.30. The fourth-order valence-corrected chi connectivity index (χ4v) is 4.67. The van der Waals surface area contributed by atoms with E-state index >= 15 is 0 Å². The molecule has 1 N–H and O–H groups in total. The molecule has 5 heteroatoms. The van der Waals surface area contributed by atoms with Crippen LogP contribution in [0.1, 0.15) is 61.3 Å². The molecular formula is C16H24N2O2S. The van der Waals surface area contributed by atoms with Gasteiger partial charge in [0.25, 0.3) is 0 Å². The van der Waals surface area contributed by atoms with Crippen molar-refractivity contribution in [3.63, 3.8) is 0 Å². The highest BCUT2D eigenvalue weighted by molar-refractivity contribution is 7.11. The first kappa shape index (κ1) is 15.0. The molecule has 0 bridgehead atoms. The summed E-state index contributed by atoms with van der Waals surface area (Å²) in [5.74, 6) is -0.180. The highest BCUT2D eigenvalue weighted by Crippen LogP contribution is 2.36. The van der Waals surface area contributed by atoms with E-state index < -0.39 is 5.97 Å². The van der Waals surface area contributed by atoms with Crippen LogP contribution in [0.4, 0.5) is 0 Å². The molecule has 3 rings (SSSR count). The summed E-state index contributed by atoms with van der Waals surface area (Å²) in [6.45, 7) is 3.74. The average Bonchev–Trinajstić information content (AvgIpc) is 3.11. The third-order valence-corrected chi connectivity index (χ3v) is 6.14. The summed E-state index contributed by atoms with van der Waals surface area (Å²) in [5.41, 5.74) is 0. The predicted octanol–water partition coefficient (Wildman–Crippen LogP) is 3.49. The maximum Gasteiger partial charge on any atom is 0.307 e. The number of aliphatic carboxylic acids is 1. The first-order chi connectivity index (χ1) is 10.1. The van der Waals surface area contributed by atoms with Crippen LogP contribution >= 0.6 is 11.3 Å². The Balaban J connectivity index is 1.63. The summed E-state index contributed by atoms with van der Waals surface area (Å²) in [6, 6.07) is 0.470. The lowest BCUT2D eigenvalue weighted by molar-refractivity contribution is -0.144. The van der Waals surface area contributed by atoms with E-state index in [-0.39, 0.29) is 5.92 Å². The van der Waals surface area contributed by atoms with E-state index in [0.717, 1.165) is 19.4 Å². The molecule has 1 aliphatic carbocycles. The zero-order valence-electron chi connectivity index (χ0n) is 12.6. The maximum atomic E-state index is 11.2. The van der Waals surface area contributed by atoms with Gasteiger partial charge in [0.1, 0.15) is 0 Å². The molecule has 0 amide bonds. The van der Waals surface area contributed by atoms with Gasteiger partial charge >= 0.3 is 5.97 Å². The lowest BCUT2D eigenvalue weighted by Crippen LogP contribution is -2.43. The number of piperidine rings is 1. The molecule has 2 fully saturated rings. The Hall–Kier alpha value is -0.940. The van der Waals surface area contributed by atoms with Crippen molar-refractivity contribution in [2.24, 2.45) is 5.92 Å². The average molecular weight is 308 g/mol. The van der Waals surface area contributed by atoms with Gasteiger partial charge in [-0.1, -0.05) is 12.8 Å². The first-order valence-corrected chi connectivity index (χ1v) is 8.86. The first-order valence-electron chi connectivity index (χ1n) is 8.05. The van der Waals surface area contributed by atoms with Crippen LogP contribution in [0.25, 0.3) is 0 Å². The smallest absolute Gasteiger partial charge is 0.307 e. The molecule has 0 spiro atoms. The lowest BCUT2D eigenvalue weighted by atomic mass is 9.93. The summed E-state index contributed by atoms with van der Waals surface area (Å²) < 4.78 is 0. The molecule has 1 saturated carbocycles. The quantitative estimate of drug-likeness (QED) is 0.925. The van der Waals surface area contributed by atoms with E-state index in [9.17, 15) is 9.90 Å². The van der Waals surface area contributed by atoms with Crippen molar-refractivity contribution in [2.45, 2.75) is 64.0 Å². The molecule has 1 saturated heterocycles. The minimum atomic E-state index is -0.650. The van der Waals surface area contributed by atoms with Gasteiger partial charge in [-0.3, -0.25) is 9.69 Å². The Morgan fingerprint density at radius 3 is 2.86 bits per heavy atom. The van der Waals surface area contributed by atoms with E-state index in [1.807, 2.05) is 17.5 Å². The van der Waals surface area contributed by atoms with Crippen LogP contribution in [0.15, 0.2) is 6.20 Å². The predicted molar refractivity (Wildman–Crippen MR) is 83.6 cm³/mol. The fraction of sp³-hybridized carbons (Fsp3) is 0.750. The Kier molecular flexibility index (Phi) is 4.60. The van der Waals surface area contributed by atoms with Crippen LogP contribution < -0.4 is 0 Å². The zero-order valence-corrected chi connectivity index (χ0v) is 13.4. The number of thiazole rings is 1. The summed E-state index contributed by atoms with van der Waals surface area (Å²) in [5, 5.41) is 10.5. The largest absolute Gasteiger partial charge is 0.481 e. The van der Waals surface area contributed by atoms with Crippen LogP contribution in [0, 0.1) is 5.92 Å². The van der Waals surface area contributed by atoms with Gasteiger partial charge in [0, 0.05) is 36.1 Å². The van der Waals surface area contributed by atoms with Crippen molar-refractivity contribution in [3.8, 4) is 0 Å². The number of aromatic nitrogens is 1. The number of rotatable bonds is 4. The molecule has 0 radical (unpaired) electrons. The van der Waals surface area contributed by atoms with Gasteiger partial charge in [0.15, 0.2) is 0 Å². The number of carboxylic acid groups (broad SMARTS) is 1. The van der Waals surface area contributed by atoms with Crippen molar-refractivity contribution >= 4 is 17.3 Å². The third kappa shape index (κ3) is 3.46. The monoisotopic (exact) mass is 308 g/mol. The van der Waals surface area contributed by atoms with Gasteiger partial charge in [-0.2, -0.15) is 0 Å². The summed E-state index contributed by atoms with van der Waals surface area (Å²) in [6.07, 6.45) is 9.04. The van der Waals surface area contributed by atoms with Crippen molar-refractivity contribution < 1.29 is 9.90 Å². The van der Waals surface area contributed by atoms with Crippen LogP contribution in [-0.2, 0) is 11.3 Å². The molecule has 1 aromatic heterocycles. The Bertz CT molecular complexity index is 496.